The molecule has 5 aromatic rings. The number of nitrogens with zero attached hydrogens (tertiary/aromatic N) is 6. The molecule has 1 aliphatic rings. The van der Waals surface area contributed by atoms with E-state index < -0.39 is 0 Å². The second-order valence-corrected chi connectivity index (χ2v) is 9.51. The highest BCUT2D eigenvalue weighted by Crippen LogP contribution is 2.31. The zero-order valence-corrected chi connectivity index (χ0v) is 21.1. The van der Waals surface area contributed by atoms with Crippen molar-refractivity contribution in [2.45, 2.75) is 19.9 Å². The molecule has 0 N–H and O–H groups in total. The van der Waals surface area contributed by atoms with E-state index >= 15 is 0 Å². The first-order valence-electron chi connectivity index (χ1n) is 12.4. The summed E-state index contributed by atoms with van der Waals surface area (Å²) in [6, 6.07) is 23.6. The number of hydrogen-bond acceptors (Lipinski definition) is 6. The minimum absolute atomic E-state index is 0.00170. The summed E-state index contributed by atoms with van der Waals surface area (Å²) in [6.07, 6.45) is 0. The predicted molar refractivity (Wildman–Crippen MR) is 144 cm³/mol. The number of carbonyl (C=O) groups excluding carboxylic acids is 1. The average Bonchev–Trinajstić information content (AvgIpc) is 3.38. The fourth-order valence-electron chi connectivity index (χ4n) is 5.11. The largest absolute Gasteiger partial charge is 0.497 e. The van der Waals surface area contributed by atoms with Crippen LogP contribution in [0, 0.1) is 6.92 Å². The highest BCUT2D eigenvalue weighted by atomic mass is 16.5. The van der Waals surface area contributed by atoms with Crippen LogP contribution in [-0.2, 0) is 0 Å². The average molecular weight is 493 g/mol. The lowest BCUT2D eigenvalue weighted by atomic mass is 10.1. The van der Waals surface area contributed by atoms with Crippen LogP contribution in [0.25, 0.3) is 27.9 Å². The summed E-state index contributed by atoms with van der Waals surface area (Å²) >= 11 is 0. The molecule has 1 aliphatic heterocycles. The van der Waals surface area contributed by atoms with E-state index in [1.165, 1.54) is 0 Å². The molecule has 186 valence electrons. The maximum absolute atomic E-state index is 13.3. The normalized spacial score (nSPS) is 15.9. The molecule has 3 aromatic carbocycles. The van der Waals surface area contributed by atoms with E-state index in [2.05, 4.69) is 22.0 Å². The van der Waals surface area contributed by atoms with Crippen molar-refractivity contribution < 1.29 is 9.53 Å². The quantitative estimate of drug-likeness (QED) is 0.365. The molecular weight excluding hydrogens is 464 g/mol. The fourth-order valence-corrected chi connectivity index (χ4v) is 5.11. The van der Waals surface area contributed by atoms with Gasteiger partial charge < -0.3 is 14.5 Å². The molecule has 0 bridgehead atoms. The number of aromatic nitrogens is 4. The van der Waals surface area contributed by atoms with Gasteiger partial charge in [-0.1, -0.05) is 42.0 Å². The zero-order chi connectivity index (χ0) is 25.5. The molecule has 0 spiro atoms. The van der Waals surface area contributed by atoms with E-state index in [0.717, 1.165) is 44.9 Å². The first-order chi connectivity index (χ1) is 18.0. The van der Waals surface area contributed by atoms with Gasteiger partial charge in [-0.15, -0.1) is 10.2 Å². The van der Waals surface area contributed by atoms with Crippen molar-refractivity contribution in [2.24, 2.45) is 0 Å². The standard InChI is InChI=1S/C29H28N6O2/c1-19-8-6-10-22(16-19)28(36)34-15-14-33(18-20(34)2)29-30-25-13-5-4-12-24(25)27-32-31-26(35(27)29)21-9-7-11-23(17-21)37-3/h4-13,16-17,20H,14-15,18H2,1-3H3. The monoisotopic (exact) mass is 492 g/mol. The number of aryl methyl sites for hydroxylation is 1. The van der Waals surface area contributed by atoms with Crippen molar-refractivity contribution >= 4 is 28.4 Å². The highest BCUT2D eigenvalue weighted by Gasteiger charge is 2.31. The SMILES string of the molecule is COc1cccc(-c2nnc3c4ccccc4nc(N4CCN(C(=O)c5cccc(C)c5)C(C)C4)n23)c1. The van der Waals surface area contributed by atoms with Crippen molar-refractivity contribution in [3.63, 3.8) is 0 Å². The molecular formula is C29H28N6O2. The van der Waals surface area contributed by atoms with Gasteiger partial charge in [-0.25, -0.2) is 9.38 Å². The van der Waals surface area contributed by atoms with E-state index in [9.17, 15) is 4.79 Å². The number of fused-ring (bicyclic) bond motifs is 3. The smallest absolute Gasteiger partial charge is 0.254 e. The topological polar surface area (TPSA) is 75.9 Å². The summed E-state index contributed by atoms with van der Waals surface area (Å²) in [5, 5.41) is 10.1. The van der Waals surface area contributed by atoms with E-state index in [1.54, 1.807) is 7.11 Å². The Kier molecular flexibility index (Phi) is 5.71. The summed E-state index contributed by atoms with van der Waals surface area (Å²) < 4.78 is 7.48. The summed E-state index contributed by atoms with van der Waals surface area (Å²) in [7, 11) is 1.65. The molecule has 1 unspecified atom stereocenters. The van der Waals surface area contributed by atoms with Gasteiger partial charge >= 0.3 is 0 Å². The van der Waals surface area contributed by atoms with Gasteiger partial charge in [0, 0.05) is 42.2 Å². The van der Waals surface area contributed by atoms with Gasteiger partial charge in [-0.3, -0.25) is 4.79 Å². The Hall–Kier alpha value is -4.46. The third-order valence-electron chi connectivity index (χ3n) is 6.99. The third-order valence-corrected chi connectivity index (χ3v) is 6.99. The Morgan fingerprint density at radius 1 is 0.973 bits per heavy atom. The maximum atomic E-state index is 13.3. The maximum Gasteiger partial charge on any atom is 0.254 e. The highest BCUT2D eigenvalue weighted by molar-refractivity contribution is 5.95. The Morgan fingerprint density at radius 3 is 2.62 bits per heavy atom. The Balaban J connectivity index is 1.41. The molecule has 37 heavy (non-hydrogen) atoms. The number of piperazine rings is 1. The van der Waals surface area contributed by atoms with Crippen molar-refractivity contribution in [2.75, 3.05) is 31.6 Å². The Labute approximate surface area is 215 Å². The van der Waals surface area contributed by atoms with E-state index in [-0.39, 0.29) is 11.9 Å². The number of rotatable bonds is 4. The minimum atomic E-state index is 0.00170. The molecule has 0 radical (unpaired) electrons. The molecule has 0 saturated carbocycles. The number of hydrogen-bond donors (Lipinski definition) is 0. The second kappa shape index (κ2) is 9.20. The van der Waals surface area contributed by atoms with Crippen molar-refractivity contribution in [3.05, 3.63) is 83.9 Å². The summed E-state index contributed by atoms with van der Waals surface area (Å²) in [5.41, 5.74) is 4.32. The van der Waals surface area contributed by atoms with Crippen LogP contribution < -0.4 is 9.64 Å². The van der Waals surface area contributed by atoms with Crippen LogP contribution in [0.5, 0.6) is 5.75 Å². The second-order valence-electron chi connectivity index (χ2n) is 9.51. The van der Waals surface area contributed by atoms with E-state index in [1.807, 2.05) is 89.0 Å². The number of benzene rings is 3. The molecule has 3 heterocycles. The number of amides is 1. The molecule has 1 fully saturated rings. The molecule has 1 saturated heterocycles. The van der Waals surface area contributed by atoms with E-state index in [0.29, 0.717) is 25.5 Å². The van der Waals surface area contributed by atoms with Gasteiger partial charge in [0.05, 0.1) is 12.6 Å². The van der Waals surface area contributed by atoms with Gasteiger partial charge in [0.2, 0.25) is 5.95 Å². The number of methoxy groups -OCH3 is 1. The first-order valence-corrected chi connectivity index (χ1v) is 12.4. The van der Waals surface area contributed by atoms with Crippen molar-refractivity contribution in [1.29, 1.82) is 0 Å². The molecule has 8 nitrogen and oxygen atoms in total. The Bertz CT molecular complexity index is 1630. The van der Waals surface area contributed by atoms with Crippen LogP contribution in [0.3, 0.4) is 0 Å². The molecule has 6 rings (SSSR count). The summed E-state index contributed by atoms with van der Waals surface area (Å²) in [5.74, 6) is 2.29. The van der Waals surface area contributed by atoms with Crippen LogP contribution in [0.15, 0.2) is 72.8 Å². The lowest BCUT2D eigenvalue weighted by Crippen LogP contribution is -2.54. The van der Waals surface area contributed by atoms with Crippen LogP contribution in [0.2, 0.25) is 0 Å². The molecule has 0 aliphatic carbocycles. The van der Waals surface area contributed by atoms with Gasteiger partial charge in [0.25, 0.3) is 5.91 Å². The first kappa shape index (κ1) is 23.0. The zero-order valence-electron chi connectivity index (χ0n) is 21.1. The van der Waals surface area contributed by atoms with Crippen LogP contribution in [0.4, 0.5) is 5.95 Å². The molecule has 8 heteroatoms. The third kappa shape index (κ3) is 4.04. The minimum Gasteiger partial charge on any atom is -0.497 e. The molecule has 2 aromatic heterocycles. The van der Waals surface area contributed by atoms with Gasteiger partial charge in [0.1, 0.15) is 5.75 Å². The lowest BCUT2D eigenvalue weighted by molar-refractivity contribution is 0.0673. The number of anilines is 1. The molecule has 1 atom stereocenters. The summed E-state index contributed by atoms with van der Waals surface area (Å²) in [6.45, 7) is 5.99. The number of ether oxygens (including phenoxy) is 1. The summed E-state index contributed by atoms with van der Waals surface area (Å²) in [4.78, 5) is 22.6. The predicted octanol–water partition coefficient (Wildman–Crippen LogP) is 4.61. The van der Waals surface area contributed by atoms with Crippen molar-refractivity contribution in [3.8, 4) is 17.1 Å². The van der Waals surface area contributed by atoms with Crippen LogP contribution in [0.1, 0.15) is 22.8 Å². The van der Waals surface area contributed by atoms with Gasteiger partial charge in [-0.2, -0.15) is 0 Å². The Morgan fingerprint density at radius 2 is 1.81 bits per heavy atom. The number of para-hydroxylation sites is 1. The van der Waals surface area contributed by atoms with Crippen LogP contribution >= 0.6 is 0 Å². The fraction of sp³-hybridized carbons (Fsp3) is 0.241. The van der Waals surface area contributed by atoms with Gasteiger partial charge in [-0.05, 0) is 50.2 Å². The number of carbonyl (C=O) groups is 1. The lowest BCUT2D eigenvalue weighted by Gasteiger charge is -2.40. The van der Waals surface area contributed by atoms with Gasteiger partial charge in [0.15, 0.2) is 11.5 Å². The van der Waals surface area contributed by atoms with Crippen molar-refractivity contribution in [1.82, 2.24) is 24.5 Å². The van der Waals surface area contributed by atoms with E-state index in [4.69, 9.17) is 9.72 Å². The molecule has 1 amide bonds. The van der Waals surface area contributed by atoms with Crippen LogP contribution in [-0.4, -0.2) is 63.2 Å².